The van der Waals surface area contributed by atoms with Gasteiger partial charge in [-0.25, -0.2) is 9.18 Å². The van der Waals surface area contributed by atoms with Gasteiger partial charge < -0.3 is 14.6 Å². The van der Waals surface area contributed by atoms with E-state index in [0.29, 0.717) is 12.1 Å². The normalized spacial score (nSPS) is 11.4. The first-order valence-electron chi connectivity index (χ1n) is 5.71. The van der Waals surface area contributed by atoms with E-state index >= 15 is 0 Å². The van der Waals surface area contributed by atoms with Crippen LogP contribution in [-0.4, -0.2) is 30.1 Å². The first-order chi connectivity index (χ1) is 9.83. The smallest absolute Gasteiger partial charge is 0.387 e. The summed E-state index contributed by atoms with van der Waals surface area (Å²) < 4.78 is 45.7. The predicted octanol–water partition coefficient (Wildman–Crippen LogP) is 2.46. The molecule has 0 heterocycles. The van der Waals surface area contributed by atoms with Crippen molar-refractivity contribution < 1.29 is 37.3 Å². The minimum atomic E-state index is -3.17. The molecule has 1 aromatic rings. The van der Waals surface area contributed by atoms with Crippen LogP contribution in [0.3, 0.4) is 0 Å². The number of aliphatic hydroxyl groups excluding tert-OH is 1. The molecule has 0 aliphatic rings. The molecule has 0 aliphatic carbocycles. The van der Waals surface area contributed by atoms with Crippen LogP contribution >= 0.6 is 0 Å². The highest BCUT2D eigenvalue weighted by atomic mass is 19.3. The van der Waals surface area contributed by atoms with Crippen molar-refractivity contribution in [2.24, 2.45) is 0 Å². The lowest BCUT2D eigenvalue weighted by atomic mass is 10.1. The van der Waals surface area contributed by atoms with E-state index in [9.17, 15) is 27.9 Å². The lowest BCUT2D eigenvalue weighted by molar-refractivity contribution is -0.151. The van der Waals surface area contributed by atoms with Crippen molar-refractivity contribution in [1.29, 1.82) is 0 Å². The van der Waals surface area contributed by atoms with Gasteiger partial charge in [-0.15, -0.1) is 0 Å². The fraction of sp³-hybridized carbons (Fsp3) is 0.231. The molecule has 1 aromatic carbocycles. The molecule has 0 saturated heterocycles. The first-order valence-corrected chi connectivity index (χ1v) is 5.71. The molecule has 0 fully saturated rings. The number of ketones is 1. The number of rotatable bonds is 6. The fourth-order valence-electron chi connectivity index (χ4n) is 1.35. The van der Waals surface area contributed by atoms with Crippen LogP contribution in [0.1, 0.15) is 12.5 Å². The quantitative estimate of drug-likeness (QED) is 0.378. The number of halogens is 3. The number of ether oxygens (including phenoxy) is 2. The third kappa shape index (κ3) is 5.17. The highest BCUT2D eigenvalue weighted by Gasteiger charge is 2.15. The Kier molecular flexibility index (Phi) is 5.77. The SMILES string of the molecule is CCOC(=O)C(=O)C=C(O)c1cc(F)cc(OC(F)F)c1. The molecule has 0 amide bonds. The maximum atomic E-state index is 13.2. The molecule has 0 unspecified atom stereocenters. The Morgan fingerprint density at radius 3 is 2.57 bits per heavy atom. The van der Waals surface area contributed by atoms with Gasteiger partial charge >= 0.3 is 12.6 Å². The molecule has 0 bridgehead atoms. The Hall–Kier alpha value is -2.51. The number of esters is 1. The van der Waals surface area contributed by atoms with Gasteiger partial charge in [0, 0.05) is 17.7 Å². The van der Waals surface area contributed by atoms with Gasteiger partial charge in [0.2, 0.25) is 0 Å². The van der Waals surface area contributed by atoms with Crippen molar-refractivity contribution >= 4 is 17.5 Å². The van der Waals surface area contributed by atoms with Gasteiger partial charge in [-0.05, 0) is 19.1 Å². The maximum Gasteiger partial charge on any atom is 0.387 e. The number of carbonyl (C=O) groups excluding carboxylic acids is 2. The lowest BCUT2D eigenvalue weighted by Crippen LogP contribution is -2.15. The molecular weight excluding hydrogens is 293 g/mol. The summed E-state index contributed by atoms with van der Waals surface area (Å²) in [5.74, 6) is -4.67. The Morgan fingerprint density at radius 2 is 2.00 bits per heavy atom. The van der Waals surface area contributed by atoms with E-state index in [2.05, 4.69) is 9.47 Å². The predicted molar refractivity (Wildman–Crippen MR) is 65.3 cm³/mol. The highest BCUT2D eigenvalue weighted by Crippen LogP contribution is 2.22. The second kappa shape index (κ2) is 7.32. The molecule has 1 N–H and O–H groups in total. The van der Waals surface area contributed by atoms with E-state index in [-0.39, 0.29) is 12.2 Å². The highest BCUT2D eigenvalue weighted by molar-refractivity contribution is 6.39. The van der Waals surface area contributed by atoms with Crippen molar-refractivity contribution in [2.45, 2.75) is 13.5 Å². The van der Waals surface area contributed by atoms with Crippen LogP contribution in [0.5, 0.6) is 5.75 Å². The summed E-state index contributed by atoms with van der Waals surface area (Å²) in [6.07, 6.45) is 0.499. The minimum absolute atomic E-state index is 0.0362. The number of hydrogen-bond donors (Lipinski definition) is 1. The lowest BCUT2D eigenvalue weighted by Gasteiger charge is -2.07. The van der Waals surface area contributed by atoms with E-state index < -0.39 is 35.7 Å². The summed E-state index contributed by atoms with van der Waals surface area (Å²) in [5.41, 5.74) is -0.303. The van der Waals surface area contributed by atoms with Crippen LogP contribution in [0.2, 0.25) is 0 Å². The largest absolute Gasteiger partial charge is 0.507 e. The molecule has 8 heteroatoms. The van der Waals surface area contributed by atoms with Crippen LogP contribution < -0.4 is 4.74 Å². The van der Waals surface area contributed by atoms with Gasteiger partial charge in [-0.3, -0.25) is 4.79 Å². The molecule has 114 valence electrons. The Labute approximate surface area is 117 Å². The zero-order valence-electron chi connectivity index (χ0n) is 10.8. The third-order valence-corrected chi connectivity index (χ3v) is 2.14. The summed E-state index contributed by atoms with van der Waals surface area (Å²) in [6.45, 7) is -1.73. The Balaban J connectivity index is 3.01. The van der Waals surface area contributed by atoms with Crippen molar-refractivity contribution in [3.8, 4) is 5.75 Å². The second-order valence-corrected chi connectivity index (χ2v) is 3.67. The fourth-order valence-corrected chi connectivity index (χ4v) is 1.35. The van der Waals surface area contributed by atoms with E-state index in [1.165, 1.54) is 6.92 Å². The van der Waals surface area contributed by atoms with E-state index in [4.69, 9.17) is 0 Å². The van der Waals surface area contributed by atoms with E-state index in [1.54, 1.807) is 0 Å². The van der Waals surface area contributed by atoms with Crippen LogP contribution in [0, 0.1) is 5.82 Å². The van der Waals surface area contributed by atoms with Gasteiger partial charge in [0.15, 0.2) is 0 Å². The molecule has 5 nitrogen and oxygen atoms in total. The zero-order chi connectivity index (χ0) is 16.0. The zero-order valence-corrected chi connectivity index (χ0v) is 10.8. The minimum Gasteiger partial charge on any atom is -0.507 e. The summed E-state index contributed by atoms with van der Waals surface area (Å²) in [4.78, 5) is 22.4. The van der Waals surface area contributed by atoms with Gasteiger partial charge in [0.1, 0.15) is 17.3 Å². The monoisotopic (exact) mass is 304 g/mol. The number of hydrogen-bond acceptors (Lipinski definition) is 5. The van der Waals surface area contributed by atoms with Crippen molar-refractivity contribution in [3.05, 3.63) is 35.7 Å². The van der Waals surface area contributed by atoms with Crippen LogP contribution in [0.15, 0.2) is 24.3 Å². The molecule has 0 aliphatic heterocycles. The average molecular weight is 304 g/mol. The summed E-state index contributed by atoms with van der Waals surface area (Å²) in [6, 6.07) is 2.35. The standard InChI is InChI=1S/C13H11F3O5/c1-2-20-12(19)11(18)6-10(17)7-3-8(14)5-9(4-7)21-13(15)16/h3-6,13,17H,2H2,1H3. The maximum absolute atomic E-state index is 13.2. The van der Waals surface area contributed by atoms with Gasteiger partial charge in [0.25, 0.3) is 5.78 Å². The summed E-state index contributed by atoms with van der Waals surface area (Å²) >= 11 is 0. The Bertz CT molecular complexity index is 569. The molecule has 0 aromatic heterocycles. The van der Waals surface area contributed by atoms with E-state index in [1.807, 2.05) is 0 Å². The van der Waals surface area contributed by atoms with Crippen molar-refractivity contribution in [1.82, 2.24) is 0 Å². The van der Waals surface area contributed by atoms with Gasteiger partial charge in [-0.2, -0.15) is 8.78 Å². The number of alkyl halides is 2. The van der Waals surface area contributed by atoms with E-state index in [0.717, 1.165) is 12.1 Å². The molecular formula is C13H11F3O5. The number of benzene rings is 1. The van der Waals surface area contributed by atoms with Crippen LogP contribution in [-0.2, 0) is 14.3 Å². The average Bonchev–Trinajstić information content (AvgIpc) is 2.37. The first kappa shape index (κ1) is 16.5. The molecule has 0 spiro atoms. The number of aliphatic hydroxyl groups is 1. The molecule has 21 heavy (non-hydrogen) atoms. The van der Waals surface area contributed by atoms with Gasteiger partial charge in [0.05, 0.1) is 6.61 Å². The second-order valence-electron chi connectivity index (χ2n) is 3.67. The van der Waals surface area contributed by atoms with Crippen LogP contribution in [0.4, 0.5) is 13.2 Å². The molecule has 0 atom stereocenters. The molecule has 0 saturated carbocycles. The number of carbonyl (C=O) groups is 2. The Morgan fingerprint density at radius 1 is 1.33 bits per heavy atom. The summed E-state index contributed by atoms with van der Waals surface area (Å²) in [7, 11) is 0. The van der Waals surface area contributed by atoms with Crippen molar-refractivity contribution in [3.63, 3.8) is 0 Å². The summed E-state index contributed by atoms with van der Waals surface area (Å²) in [5, 5.41) is 9.61. The van der Waals surface area contributed by atoms with Gasteiger partial charge in [-0.1, -0.05) is 0 Å². The molecule has 0 radical (unpaired) electrons. The molecule has 1 rings (SSSR count). The third-order valence-electron chi connectivity index (χ3n) is 2.14. The topological polar surface area (TPSA) is 72.8 Å². The van der Waals surface area contributed by atoms with Crippen molar-refractivity contribution in [2.75, 3.05) is 6.61 Å². The van der Waals surface area contributed by atoms with Crippen LogP contribution in [0.25, 0.3) is 5.76 Å².